The van der Waals surface area contributed by atoms with Gasteiger partial charge in [-0.05, 0) is 37.7 Å². The molecule has 0 unspecified atom stereocenters. The minimum atomic E-state index is 0.713. The van der Waals surface area contributed by atoms with Gasteiger partial charge in [-0.15, -0.1) is 0 Å². The highest BCUT2D eigenvalue weighted by Gasteiger charge is 2.19. The quantitative estimate of drug-likeness (QED) is 0.846. The molecule has 1 aromatic rings. The van der Waals surface area contributed by atoms with Gasteiger partial charge in [0, 0.05) is 25.8 Å². The summed E-state index contributed by atoms with van der Waals surface area (Å²) in [5.41, 5.74) is 1.15. The molecule has 16 heavy (non-hydrogen) atoms. The van der Waals surface area contributed by atoms with E-state index in [0.29, 0.717) is 6.04 Å². The van der Waals surface area contributed by atoms with Crippen molar-refractivity contribution in [2.45, 2.75) is 51.6 Å². The molecule has 1 heterocycles. The van der Waals surface area contributed by atoms with E-state index in [1.165, 1.54) is 32.1 Å². The van der Waals surface area contributed by atoms with Gasteiger partial charge in [-0.2, -0.15) is 5.10 Å². The molecule has 3 heteroatoms. The molecule has 1 aromatic heterocycles. The van der Waals surface area contributed by atoms with Crippen molar-refractivity contribution in [3.8, 4) is 0 Å². The summed E-state index contributed by atoms with van der Waals surface area (Å²) in [6, 6.07) is 2.80. The van der Waals surface area contributed by atoms with Gasteiger partial charge in [-0.25, -0.2) is 0 Å². The van der Waals surface area contributed by atoms with E-state index in [1.807, 2.05) is 17.9 Å². The fraction of sp³-hybridized carbons (Fsp3) is 0.769. The van der Waals surface area contributed by atoms with Crippen molar-refractivity contribution in [3.63, 3.8) is 0 Å². The Morgan fingerprint density at radius 1 is 1.38 bits per heavy atom. The smallest absolute Gasteiger partial charge is 0.0762 e. The van der Waals surface area contributed by atoms with Crippen LogP contribution in [0.1, 0.15) is 44.7 Å². The van der Waals surface area contributed by atoms with Gasteiger partial charge in [-0.3, -0.25) is 4.68 Å². The van der Waals surface area contributed by atoms with Gasteiger partial charge >= 0.3 is 0 Å². The predicted octanol–water partition coefficient (Wildman–Crippen LogP) is 2.48. The molecule has 0 bridgehead atoms. The Bertz CT molecular complexity index is 311. The molecule has 1 aliphatic carbocycles. The van der Waals surface area contributed by atoms with Crippen molar-refractivity contribution < 1.29 is 0 Å². The van der Waals surface area contributed by atoms with Gasteiger partial charge in [0.15, 0.2) is 0 Å². The van der Waals surface area contributed by atoms with E-state index in [1.54, 1.807) is 0 Å². The number of hydrogen-bond donors (Lipinski definition) is 1. The minimum Gasteiger partial charge on any atom is -0.308 e. The lowest BCUT2D eigenvalue weighted by molar-refractivity contribution is 0.284. The van der Waals surface area contributed by atoms with E-state index >= 15 is 0 Å². The summed E-state index contributed by atoms with van der Waals surface area (Å²) in [5.74, 6) is 0.980. The van der Waals surface area contributed by atoms with Gasteiger partial charge in [0.25, 0.3) is 0 Å². The molecule has 2 rings (SSSR count). The highest BCUT2D eigenvalue weighted by atomic mass is 15.3. The van der Waals surface area contributed by atoms with Crippen LogP contribution in [0.2, 0.25) is 0 Å². The van der Waals surface area contributed by atoms with Crippen LogP contribution in [-0.4, -0.2) is 15.8 Å². The first-order valence-electron chi connectivity index (χ1n) is 6.50. The number of aromatic nitrogens is 2. The molecule has 1 saturated carbocycles. The number of nitrogens with one attached hydrogen (secondary N) is 1. The SMILES string of the molecule is CCC1CCC(NCc2ccn(C)n2)CC1. The Kier molecular flexibility index (Phi) is 3.99. The second-order valence-corrected chi connectivity index (χ2v) is 4.99. The monoisotopic (exact) mass is 221 g/mol. The molecule has 0 aliphatic heterocycles. The molecular formula is C13H23N3. The third kappa shape index (κ3) is 3.08. The molecule has 0 saturated heterocycles. The molecule has 0 amide bonds. The summed E-state index contributed by atoms with van der Waals surface area (Å²) in [6.45, 7) is 3.23. The first-order chi connectivity index (χ1) is 7.78. The maximum Gasteiger partial charge on any atom is 0.0762 e. The van der Waals surface area contributed by atoms with Crippen molar-refractivity contribution in [2.24, 2.45) is 13.0 Å². The predicted molar refractivity (Wildman–Crippen MR) is 66.1 cm³/mol. The minimum absolute atomic E-state index is 0.713. The Hall–Kier alpha value is -0.830. The summed E-state index contributed by atoms with van der Waals surface area (Å²) < 4.78 is 1.87. The summed E-state index contributed by atoms with van der Waals surface area (Å²) in [4.78, 5) is 0. The zero-order chi connectivity index (χ0) is 11.4. The van der Waals surface area contributed by atoms with Crippen LogP contribution >= 0.6 is 0 Å². The number of rotatable bonds is 4. The highest BCUT2D eigenvalue weighted by Crippen LogP contribution is 2.26. The molecule has 90 valence electrons. The molecular weight excluding hydrogens is 198 g/mol. The number of hydrogen-bond acceptors (Lipinski definition) is 2. The highest BCUT2D eigenvalue weighted by molar-refractivity contribution is 4.98. The van der Waals surface area contributed by atoms with Crippen molar-refractivity contribution in [1.82, 2.24) is 15.1 Å². The Labute approximate surface area is 98.2 Å². The van der Waals surface area contributed by atoms with Crippen LogP contribution < -0.4 is 5.32 Å². The summed E-state index contributed by atoms with van der Waals surface area (Å²) in [6.07, 6.45) is 8.83. The van der Waals surface area contributed by atoms with E-state index < -0.39 is 0 Å². The second-order valence-electron chi connectivity index (χ2n) is 4.99. The zero-order valence-electron chi connectivity index (χ0n) is 10.4. The van der Waals surface area contributed by atoms with E-state index in [9.17, 15) is 0 Å². The third-order valence-electron chi connectivity index (χ3n) is 3.76. The summed E-state index contributed by atoms with van der Waals surface area (Å²) in [7, 11) is 1.97. The largest absolute Gasteiger partial charge is 0.308 e. The van der Waals surface area contributed by atoms with Gasteiger partial charge in [-0.1, -0.05) is 13.3 Å². The van der Waals surface area contributed by atoms with Crippen LogP contribution in [0.5, 0.6) is 0 Å². The van der Waals surface area contributed by atoms with Crippen molar-refractivity contribution in [1.29, 1.82) is 0 Å². The average Bonchev–Trinajstić information content (AvgIpc) is 2.73. The Morgan fingerprint density at radius 2 is 2.12 bits per heavy atom. The topological polar surface area (TPSA) is 29.9 Å². The zero-order valence-corrected chi connectivity index (χ0v) is 10.4. The third-order valence-corrected chi connectivity index (χ3v) is 3.76. The van der Waals surface area contributed by atoms with E-state index in [2.05, 4.69) is 23.4 Å². The van der Waals surface area contributed by atoms with Crippen LogP contribution in [0, 0.1) is 5.92 Å². The maximum absolute atomic E-state index is 4.38. The first kappa shape index (κ1) is 11.6. The summed E-state index contributed by atoms with van der Waals surface area (Å²) in [5, 5.41) is 8.00. The van der Waals surface area contributed by atoms with Crippen LogP contribution in [0.4, 0.5) is 0 Å². The Balaban J connectivity index is 1.71. The first-order valence-corrected chi connectivity index (χ1v) is 6.50. The van der Waals surface area contributed by atoms with Crippen molar-refractivity contribution in [2.75, 3.05) is 0 Å². The van der Waals surface area contributed by atoms with Crippen LogP contribution in [0.25, 0.3) is 0 Å². The lowest BCUT2D eigenvalue weighted by Gasteiger charge is -2.28. The van der Waals surface area contributed by atoms with Gasteiger partial charge in [0.2, 0.25) is 0 Å². The standard InChI is InChI=1S/C13H23N3/c1-3-11-4-6-12(7-5-11)14-10-13-8-9-16(2)15-13/h8-9,11-12,14H,3-7,10H2,1-2H3. The molecule has 0 radical (unpaired) electrons. The van der Waals surface area contributed by atoms with Crippen LogP contribution in [-0.2, 0) is 13.6 Å². The molecule has 0 atom stereocenters. The van der Waals surface area contributed by atoms with Crippen molar-refractivity contribution >= 4 is 0 Å². The lowest BCUT2D eigenvalue weighted by atomic mass is 9.84. The second kappa shape index (κ2) is 5.48. The van der Waals surface area contributed by atoms with Gasteiger partial charge in [0.05, 0.1) is 5.69 Å². The summed E-state index contributed by atoms with van der Waals surface area (Å²) >= 11 is 0. The van der Waals surface area contributed by atoms with Gasteiger partial charge < -0.3 is 5.32 Å². The normalized spacial score (nSPS) is 25.9. The molecule has 1 N–H and O–H groups in total. The molecule has 3 nitrogen and oxygen atoms in total. The molecule has 1 fully saturated rings. The fourth-order valence-corrected chi connectivity index (χ4v) is 2.58. The molecule has 0 spiro atoms. The van der Waals surface area contributed by atoms with E-state index in [4.69, 9.17) is 0 Å². The molecule has 1 aliphatic rings. The number of nitrogens with zero attached hydrogens (tertiary/aromatic N) is 2. The van der Waals surface area contributed by atoms with Crippen LogP contribution in [0.3, 0.4) is 0 Å². The van der Waals surface area contributed by atoms with Crippen LogP contribution in [0.15, 0.2) is 12.3 Å². The van der Waals surface area contributed by atoms with E-state index in [0.717, 1.165) is 18.2 Å². The fourth-order valence-electron chi connectivity index (χ4n) is 2.58. The van der Waals surface area contributed by atoms with Crippen molar-refractivity contribution in [3.05, 3.63) is 18.0 Å². The van der Waals surface area contributed by atoms with E-state index in [-0.39, 0.29) is 0 Å². The molecule has 0 aromatic carbocycles. The lowest BCUT2D eigenvalue weighted by Crippen LogP contribution is -2.32. The Morgan fingerprint density at radius 3 is 2.69 bits per heavy atom. The van der Waals surface area contributed by atoms with Gasteiger partial charge in [0.1, 0.15) is 0 Å². The maximum atomic E-state index is 4.38. The number of aryl methyl sites for hydroxylation is 1. The average molecular weight is 221 g/mol.